The van der Waals surface area contributed by atoms with Crippen molar-refractivity contribution in [3.8, 4) is 11.5 Å². The number of urea groups is 1. The monoisotopic (exact) mass is 359 g/mol. The zero-order chi connectivity index (χ0) is 18.1. The van der Waals surface area contributed by atoms with Gasteiger partial charge < -0.3 is 19.7 Å². The highest BCUT2D eigenvalue weighted by Gasteiger charge is 2.38. The Hall–Kier alpha value is -2.77. The summed E-state index contributed by atoms with van der Waals surface area (Å²) in [5.41, 5.74) is 0.784. The minimum Gasteiger partial charge on any atom is -0.454 e. The fourth-order valence-corrected chi connectivity index (χ4v) is 3.54. The SMILES string of the molecule is O=C(CC[C@H]1NC(=O)N(Cc2ccc3c(c2)OCO3)C1=O)N1CCCC1. The third kappa shape index (κ3) is 3.18. The van der Waals surface area contributed by atoms with Crippen LogP contribution in [0.3, 0.4) is 0 Å². The highest BCUT2D eigenvalue weighted by Crippen LogP contribution is 2.33. The molecule has 1 N–H and O–H groups in total. The standard InChI is InChI=1S/C18H21N3O5/c22-16(20-7-1-2-8-20)6-4-13-17(23)21(18(24)19-13)10-12-3-5-14-15(9-12)26-11-25-14/h3,5,9,13H,1-2,4,6-8,10-11H2,(H,19,24)/t13-/m1/s1. The van der Waals surface area contributed by atoms with Crippen molar-refractivity contribution in [2.45, 2.75) is 38.3 Å². The Bertz CT molecular complexity index is 744. The maximum atomic E-state index is 12.5. The Morgan fingerprint density at radius 3 is 2.73 bits per heavy atom. The van der Waals surface area contributed by atoms with E-state index >= 15 is 0 Å². The summed E-state index contributed by atoms with van der Waals surface area (Å²) in [6.45, 7) is 1.92. The lowest BCUT2D eigenvalue weighted by atomic mass is 10.1. The summed E-state index contributed by atoms with van der Waals surface area (Å²) in [7, 11) is 0. The lowest BCUT2D eigenvalue weighted by molar-refractivity contribution is -0.131. The number of likely N-dealkylation sites (tertiary alicyclic amines) is 1. The normalized spacial score (nSPS) is 21.5. The van der Waals surface area contributed by atoms with Gasteiger partial charge in [-0.05, 0) is 37.0 Å². The maximum Gasteiger partial charge on any atom is 0.325 e. The quantitative estimate of drug-likeness (QED) is 0.799. The fraction of sp³-hybridized carbons (Fsp3) is 0.500. The van der Waals surface area contributed by atoms with Crippen LogP contribution in [-0.2, 0) is 16.1 Å². The van der Waals surface area contributed by atoms with Gasteiger partial charge in [0.05, 0.1) is 6.54 Å². The van der Waals surface area contributed by atoms with Gasteiger partial charge in [-0.2, -0.15) is 0 Å². The van der Waals surface area contributed by atoms with Crippen LogP contribution in [0.2, 0.25) is 0 Å². The summed E-state index contributed by atoms with van der Waals surface area (Å²) in [4.78, 5) is 39.9. The van der Waals surface area contributed by atoms with E-state index in [1.54, 1.807) is 18.2 Å². The second-order valence-electron chi connectivity index (χ2n) is 6.74. The minimum atomic E-state index is -0.636. The van der Waals surface area contributed by atoms with Crippen molar-refractivity contribution in [3.63, 3.8) is 0 Å². The molecule has 4 rings (SSSR count). The van der Waals surface area contributed by atoms with Crippen molar-refractivity contribution in [1.29, 1.82) is 0 Å². The molecule has 0 radical (unpaired) electrons. The number of nitrogens with one attached hydrogen (secondary N) is 1. The van der Waals surface area contributed by atoms with Gasteiger partial charge in [0.25, 0.3) is 5.91 Å². The molecule has 3 heterocycles. The molecule has 4 amide bonds. The van der Waals surface area contributed by atoms with E-state index < -0.39 is 12.1 Å². The van der Waals surface area contributed by atoms with Crippen molar-refractivity contribution in [1.82, 2.24) is 15.1 Å². The molecule has 1 aromatic rings. The molecule has 0 spiro atoms. The van der Waals surface area contributed by atoms with E-state index in [0.29, 0.717) is 17.9 Å². The van der Waals surface area contributed by atoms with Gasteiger partial charge >= 0.3 is 6.03 Å². The van der Waals surface area contributed by atoms with Gasteiger partial charge in [0.15, 0.2) is 11.5 Å². The van der Waals surface area contributed by atoms with Crippen LogP contribution in [0.5, 0.6) is 11.5 Å². The van der Waals surface area contributed by atoms with Gasteiger partial charge in [-0.3, -0.25) is 14.5 Å². The molecule has 138 valence electrons. The largest absolute Gasteiger partial charge is 0.454 e. The van der Waals surface area contributed by atoms with Gasteiger partial charge in [0.2, 0.25) is 12.7 Å². The Kier molecular flexibility index (Phi) is 4.40. The maximum absolute atomic E-state index is 12.5. The Balaban J connectivity index is 1.35. The van der Waals surface area contributed by atoms with Gasteiger partial charge in [-0.1, -0.05) is 6.07 Å². The molecule has 0 aliphatic carbocycles. The average molecular weight is 359 g/mol. The third-order valence-corrected chi connectivity index (χ3v) is 4.99. The molecule has 2 saturated heterocycles. The van der Waals surface area contributed by atoms with E-state index in [9.17, 15) is 14.4 Å². The summed E-state index contributed by atoms with van der Waals surface area (Å²) < 4.78 is 10.6. The van der Waals surface area contributed by atoms with Crippen molar-refractivity contribution in [3.05, 3.63) is 23.8 Å². The molecule has 1 atom stereocenters. The Labute approximate surface area is 151 Å². The zero-order valence-corrected chi connectivity index (χ0v) is 14.4. The molecule has 0 bridgehead atoms. The Morgan fingerprint density at radius 1 is 1.15 bits per heavy atom. The van der Waals surface area contributed by atoms with Crippen molar-refractivity contribution < 1.29 is 23.9 Å². The molecule has 8 heteroatoms. The predicted molar refractivity (Wildman–Crippen MR) is 90.5 cm³/mol. The molecule has 2 fully saturated rings. The molecule has 3 aliphatic heterocycles. The van der Waals surface area contributed by atoms with Crippen LogP contribution < -0.4 is 14.8 Å². The van der Waals surface area contributed by atoms with Gasteiger partial charge in [0, 0.05) is 19.5 Å². The average Bonchev–Trinajstić information content (AvgIpc) is 3.37. The molecular weight excluding hydrogens is 338 g/mol. The van der Waals surface area contributed by atoms with Crippen LogP contribution in [0.25, 0.3) is 0 Å². The predicted octanol–water partition coefficient (Wildman–Crippen LogP) is 1.24. The summed E-state index contributed by atoms with van der Waals surface area (Å²) in [6, 6.07) is 4.28. The number of amides is 4. The Morgan fingerprint density at radius 2 is 1.92 bits per heavy atom. The lowest BCUT2D eigenvalue weighted by Crippen LogP contribution is -2.33. The van der Waals surface area contributed by atoms with Crippen LogP contribution in [0, 0.1) is 0 Å². The van der Waals surface area contributed by atoms with Crippen molar-refractivity contribution >= 4 is 17.8 Å². The molecule has 3 aliphatic rings. The van der Waals surface area contributed by atoms with Gasteiger partial charge in [0.1, 0.15) is 6.04 Å². The van der Waals surface area contributed by atoms with Crippen molar-refractivity contribution in [2.24, 2.45) is 0 Å². The molecule has 0 aromatic heterocycles. The number of ether oxygens (including phenoxy) is 2. The third-order valence-electron chi connectivity index (χ3n) is 4.99. The molecule has 0 saturated carbocycles. The van der Waals surface area contributed by atoms with Crippen LogP contribution in [-0.4, -0.2) is 53.6 Å². The number of carbonyl (C=O) groups is 3. The second kappa shape index (κ2) is 6.86. The van der Waals surface area contributed by atoms with Crippen LogP contribution in [0.15, 0.2) is 18.2 Å². The van der Waals surface area contributed by atoms with Crippen molar-refractivity contribution in [2.75, 3.05) is 19.9 Å². The van der Waals surface area contributed by atoms with E-state index in [0.717, 1.165) is 31.5 Å². The minimum absolute atomic E-state index is 0.0544. The first-order valence-corrected chi connectivity index (χ1v) is 8.90. The zero-order valence-electron chi connectivity index (χ0n) is 14.4. The summed E-state index contributed by atoms with van der Waals surface area (Å²) in [6.07, 6.45) is 2.67. The van der Waals surface area contributed by atoms with Gasteiger partial charge in [-0.15, -0.1) is 0 Å². The summed E-state index contributed by atoms with van der Waals surface area (Å²) in [5, 5.41) is 2.68. The molecule has 0 unspecified atom stereocenters. The number of fused-ring (bicyclic) bond motifs is 1. The first kappa shape index (κ1) is 16.7. The molecule has 8 nitrogen and oxygen atoms in total. The number of nitrogens with zero attached hydrogens (tertiary/aromatic N) is 2. The number of imide groups is 1. The van der Waals surface area contributed by atoms with Crippen LogP contribution >= 0.6 is 0 Å². The number of hydrogen-bond acceptors (Lipinski definition) is 5. The van der Waals surface area contributed by atoms with Gasteiger partial charge in [-0.25, -0.2) is 4.79 Å². The molecule has 26 heavy (non-hydrogen) atoms. The number of benzene rings is 1. The smallest absolute Gasteiger partial charge is 0.325 e. The van der Waals surface area contributed by atoms with Crippen LogP contribution in [0.4, 0.5) is 4.79 Å². The highest BCUT2D eigenvalue weighted by atomic mass is 16.7. The number of carbonyl (C=O) groups excluding carboxylic acids is 3. The summed E-state index contributed by atoms with van der Waals surface area (Å²) in [5.74, 6) is 1.03. The summed E-state index contributed by atoms with van der Waals surface area (Å²) >= 11 is 0. The first-order chi connectivity index (χ1) is 12.6. The lowest BCUT2D eigenvalue weighted by Gasteiger charge is -2.16. The molecule has 1 aromatic carbocycles. The molecular formula is C18H21N3O5. The topological polar surface area (TPSA) is 88.2 Å². The second-order valence-corrected chi connectivity index (χ2v) is 6.74. The van der Waals surface area contributed by atoms with E-state index in [4.69, 9.17) is 9.47 Å². The highest BCUT2D eigenvalue weighted by molar-refractivity contribution is 6.04. The number of hydrogen-bond donors (Lipinski definition) is 1. The van der Waals surface area contributed by atoms with E-state index in [1.807, 2.05) is 4.90 Å². The fourth-order valence-electron chi connectivity index (χ4n) is 3.54. The first-order valence-electron chi connectivity index (χ1n) is 8.90. The van der Waals surface area contributed by atoms with Crippen LogP contribution in [0.1, 0.15) is 31.2 Å². The number of rotatable bonds is 5. The van der Waals surface area contributed by atoms with E-state index in [2.05, 4.69) is 5.32 Å². The van der Waals surface area contributed by atoms with E-state index in [1.165, 1.54) is 4.90 Å². The van der Waals surface area contributed by atoms with E-state index in [-0.39, 0.29) is 31.6 Å².